The Morgan fingerprint density at radius 2 is 1.86 bits per heavy atom. The van der Waals surface area contributed by atoms with Gasteiger partial charge in [0.15, 0.2) is 0 Å². The highest BCUT2D eigenvalue weighted by atomic mass is 16.2. The van der Waals surface area contributed by atoms with E-state index in [0.29, 0.717) is 13.1 Å². The second-order valence-corrected chi connectivity index (χ2v) is 5.61. The predicted molar refractivity (Wildman–Crippen MR) is 82.8 cm³/mol. The molecule has 114 valence electrons. The molecule has 0 aliphatic carbocycles. The first kappa shape index (κ1) is 15.5. The molecule has 0 unspecified atom stereocenters. The van der Waals surface area contributed by atoms with Crippen molar-refractivity contribution >= 4 is 11.8 Å². The molecule has 1 aromatic rings. The Balaban J connectivity index is 1.88. The number of hydrogen-bond donors (Lipinski definition) is 0. The van der Waals surface area contributed by atoms with Gasteiger partial charge in [-0.3, -0.25) is 9.59 Å². The predicted octanol–water partition coefficient (Wildman–Crippen LogP) is 2.09. The molecular weight excluding hydrogens is 264 g/mol. The third kappa shape index (κ3) is 3.84. The highest BCUT2D eigenvalue weighted by molar-refractivity contribution is 5.94. The van der Waals surface area contributed by atoms with Crippen LogP contribution in [0.5, 0.6) is 0 Å². The quantitative estimate of drug-likeness (QED) is 0.804. The van der Waals surface area contributed by atoms with Gasteiger partial charge in [-0.05, 0) is 31.7 Å². The standard InChI is InChI=1S/C17H24N2O2/c1-3-11-18-13-16(20)19(14(2)17(18)21)12-7-10-15-8-5-4-6-9-15/h4-6,8-9,14H,3,7,10-13H2,1-2H3/t14-/m0/s1. The minimum absolute atomic E-state index is 0.0728. The number of benzene rings is 1. The van der Waals surface area contributed by atoms with E-state index < -0.39 is 0 Å². The van der Waals surface area contributed by atoms with Gasteiger partial charge in [0.05, 0.1) is 6.54 Å². The second kappa shape index (κ2) is 7.25. The lowest BCUT2D eigenvalue weighted by Crippen LogP contribution is -2.59. The molecule has 0 N–H and O–H groups in total. The Labute approximate surface area is 126 Å². The van der Waals surface area contributed by atoms with Gasteiger partial charge in [0.25, 0.3) is 0 Å². The van der Waals surface area contributed by atoms with Gasteiger partial charge in [-0.25, -0.2) is 0 Å². The van der Waals surface area contributed by atoms with Gasteiger partial charge in [-0.15, -0.1) is 0 Å². The van der Waals surface area contributed by atoms with E-state index in [9.17, 15) is 9.59 Å². The van der Waals surface area contributed by atoms with Crippen molar-refractivity contribution in [2.75, 3.05) is 19.6 Å². The van der Waals surface area contributed by atoms with E-state index in [4.69, 9.17) is 0 Å². The van der Waals surface area contributed by atoms with Crippen LogP contribution >= 0.6 is 0 Å². The fourth-order valence-corrected chi connectivity index (χ4v) is 2.82. The molecule has 1 heterocycles. The molecule has 0 saturated carbocycles. The normalized spacial score (nSPS) is 19.2. The highest BCUT2D eigenvalue weighted by Crippen LogP contribution is 2.14. The molecule has 1 aliphatic rings. The maximum absolute atomic E-state index is 12.2. The first-order valence-corrected chi connectivity index (χ1v) is 7.75. The van der Waals surface area contributed by atoms with Crippen molar-refractivity contribution in [1.29, 1.82) is 0 Å². The lowest BCUT2D eigenvalue weighted by atomic mass is 10.1. The fourth-order valence-electron chi connectivity index (χ4n) is 2.82. The number of nitrogens with zero attached hydrogens (tertiary/aromatic N) is 2. The van der Waals surface area contributed by atoms with E-state index in [-0.39, 0.29) is 24.4 Å². The van der Waals surface area contributed by atoms with Crippen LogP contribution < -0.4 is 0 Å². The topological polar surface area (TPSA) is 40.6 Å². The second-order valence-electron chi connectivity index (χ2n) is 5.61. The third-order valence-corrected chi connectivity index (χ3v) is 3.98. The van der Waals surface area contributed by atoms with Crippen LogP contribution in [-0.4, -0.2) is 47.3 Å². The summed E-state index contributed by atoms with van der Waals surface area (Å²) in [4.78, 5) is 27.9. The average Bonchev–Trinajstić information content (AvgIpc) is 2.49. The first-order valence-electron chi connectivity index (χ1n) is 7.75. The summed E-state index contributed by atoms with van der Waals surface area (Å²) in [5, 5.41) is 0. The molecular formula is C17H24N2O2. The lowest BCUT2D eigenvalue weighted by Gasteiger charge is -2.38. The van der Waals surface area contributed by atoms with Crippen molar-refractivity contribution in [3.8, 4) is 0 Å². The Kier molecular flexibility index (Phi) is 5.37. The summed E-state index contributed by atoms with van der Waals surface area (Å²) in [7, 11) is 0. The monoisotopic (exact) mass is 288 g/mol. The molecule has 0 aromatic heterocycles. The molecule has 4 nitrogen and oxygen atoms in total. The zero-order valence-corrected chi connectivity index (χ0v) is 12.9. The molecule has 1 aliphatic heterocycles. The lowest BCUT2D eigenvalue weighted by molar-refractivity contribution is -0.155. The molecule has 0 spiro atoms. The molecule has 1 aromatic carbocycles. The minimum atomic E-state index is -0.325. The summed E-state index contributed by atoms with van der Waals surface area (Å²) in [5.74, 6) is 0.153. The van der Waals surface area contributed by atoms with Gasteiger partial charge in [0.2, 0.25) is 11.8 Å². The first-order chi connectivity index (χ1) is 10.1. The molecule has 1 fully saturated rings. The van der Waals surface area contributed by atoms with Crippen molar-refractivity contribution in [1.82, 2.24) is 9.80 Å². The van der Waals surface area contributed by atoms with E-state index in [1.54, 1.807) is 9.80 Å². The minimum Gasteiger partial charge on any atom is -0.332 e. The van der Waals surface area contributed by atoms with Gasteiger partial charge in [-0.2, -0.15) is 0 Å². The van der Waals surface area contributed by atoms with Crippen molar-refractivity contribution in [2.45, 2.75) is 39.2 Å². The third-order valence-electron chi connectivity index (χ3n) is 3.98. The van der Waals surface area contributed by atoms with Crippen LogP contribution in [0.4, 0.5) is 0 Å². The number of carbonyl (C=O) groups excluding carboxylic acids is 2. The van der Waals surface area contributed by atoms with E-state index in [2.05, 4.69) is 12.1 Å². The highest BCUT2D eigenvalue weighted by Gasteiger charge is 2.35. The number of hydrogen-bond acceptors (Lipinski definition) is 2. The maximum atomic E-state index is 12.2. The van der Waals surface area contributed by atoms with Crippen LogP contribution in [0.3, 0.4) is 0 Å². The van der Waals surface area contributed by atoms with Crippen LogP contribution in [0.15, 0.2) is 30.3 Å². The SMILES string of the molecule is CCCN1CC(=O)N(CCCc2ccccc2)[C@@H](C)C1=O. The van der Waals surface area contributed by atoms with Gasteiger partial charge < -0.3 is 9.80 Å². The van der Waals surface area contributed by atoms with E-state index in [0.717, 1.165) is 19.3 Å². The van der Waals surface area contributed by atoms with Crippen LogP contribution in [0.25, 0.3) is 0 Å². The molecule has 0 bridgehead atoms. The summed E-state index contributed by atoms with van der Waals surface area (Å²) in [6, 6.07) is 9.91. The van der Waals surface area contributed by atoms with Crippen molar-refractivity contribution in [3.05, 3.63) is 35.9 Å². The van der Waals surface area contributed by atoms with Gasteiger partial charge >= 0.3 is 0 Å². The molecule has 2 rings (SSSR count). The molecule has 1 atom stereocenters. The summed E-state index contributed by atoms with van der Waals surface area (Å²) < 4.78 is 0. The zero-order valence-electron chi connectivity index (χ0n) is 12.9. The van der Waals surface area contributed by atoms with Crippen molar-refractivity contribution < 1.29 is 9.59 Å². The smallest absolute Gasteiger partial charge is 0.245 e. The fraction of sp³-hybridized carbons (Fsp3) is 0.529. The average molecular weight is 288 g/mol. The largest absolute Gasteiger partial charge is 0.332 e. The van der Waals surface area contributed by atoms with Crippen LogP contribution in [0.2, 0.25) is 0 Å². The Morgan fingerprint density at radius 3 is 2.52 bits per heavy atom. The van der Waals surface area contributed by atoms with Gasteiger partial charge in [0, 0.05) is 13.1 Å². The van der Waals surface area contributed by atoms with E-state index in [1.165, 1.54) is 5.56 Å². The Hall–Kier alpha value is -1.84. The zero-order chi connectivity index (χ0) is 15.2. The summed E-state index contributed by atoms with van der Waals surface area (Å²) >= 11 is 0. The molecule has 2 amide bonds. The molecule has 21 heavy (non-hydrogen) atoms. The summed E-state index contributed by atoms with van der Waals surface area (Å²) in [6.07, 6.45) is 2.71. The van der Waals surface area contributed by atoms with E-state index in [1.807, 2.05) is 32.0 Å². The number of aryl methyl sites for hydroxylation is 1. The Morgan fingerprint density at radius 1 is 1.14 bits per heavy atom. The van der Waals surface area contributed by atoms with Crippen LogP contribution in [0.1, 0.15) is 32.3 Å². The number of rotatable bonds is 6. The maximum Gasteiger partial charge on any atom is 0.245 e. The number of carbonyl (C=O) groups is 2. The summed E-state index contributed by atoms with van der Waals surface area (Å²) in [5.41, 5.74) is 1.27. The van der Waals surface area contributed by atoms with Crippen molar-refractivity contribution in [3.63, 3.8) is 0 Å². The van der Waals surface area contributed by atoms with Gasteiger partial charge in [0.1, 0.15) is 6.04 Å². The van der Waals surface area contributed by atoms with Crippen LogP contribution in [0, 0.1) is 0 Å². The number of piperazine rings is 1. The van der Waals surface area contributed by atoms with E-state index >= 15 is 0 Å². The van der Waals surface area contributed by atoms with Gasteiger partial charge in [-0.1, -0.05) is 37.3 Å². The summed E-state index contributed by atoms with van der Waals surface area (Å²) in [6.45, 7) is 5.43. The van der Waals surface area contributed by atoms with Crippen LogP contribution in [-0.2, 0) is 16.0 Å². The van der Waals surface area contributed by atoms with Crippen molar-refractivity contribution in [2.24, 2.45) is 0 Å². The Bertz CT molecular complexity index is 487. The molecule has 1 saturated heterocycles. The number of amides is 2. The molecule has 4 heteroatoms. The molecule has 0 radical (unpaired) electrons.